The molecule has 0 aromatic heterocycles. The summed E-state index contributed by atoms with van der Waals surface area (Å²) in [7, 11) is 0. The maximum Gasteiger partial charge on any atom is 0.142 e. The number of aldehydes is 1. The fraction of sp³-hybridized carbons (Fsp3) is 0.444. The lowest BCUT2D eigenvalue weighted by Gasteiger charge is -2.06. The van der Waals surface area contributed by atoms with Gasteiger partial charge in [-0.2, -0.15) is 0 Å². The van der Waals surface area contributed by atoms with E-state index < -0.39 is 0 Å². The maximum atomic E-state index is 9.93. The molecule has 10 heavy (non-hydrogen) atoms. The number of rotatable bonds is 2. The van der Waals surface area contributed by atoms with Crippen molar-refractivity contribution < 1.29 is 4.79 Å². The summed E-state index contributed by atoms with van der Waals surface area (Å²) in [6, 6.07) is 0. The molecule has 0 bridgehead atoms. The summed E-state index contributed by atoms with van der Waals surface area (Å²) in [5, 5.41) is 0. The van der Waals surface area contributed by atoms with Gasteiger partial charge in [0.1, 0.15) is 6.29 Å². The molecule has 1 heteroatoms. The second-order valence-electron chi connectivity index (χ2n) is 2.52. The van der Waals surface area contributed by atoms with Gasteiger partial charge in [-0.1, -0.05) is 17.7 Å². The topological polar surface area (TPSA) is 17.1 Å². The summed E-state index contributed by atoms with van der Waals surface area (Å²) in [5.41, 5.74) is 1.32. The first-order valence-electron chi connectivity index (χ1n) is 3.74. The van der Waals surface area contributed by atoms with E-state index in [1.54, 1.807) is 6.08 Å². The molecule has 0 fully saturated rings. The van der Waals surface area contributed by atoms with Crippen molar-refractivity contribution in [3.63, 3.8) is 0 Å². The van der Waals surface area contributed by atoms with Gasteiger partial charge >= 0.3 is 0 Å². The van der Waals surface area contributed by atoms with Crippen molar-refractivity contribution in [3.8, 4) is 0 Å². The molecule has 1 nitrogen and oxygen atoms in total. The fourth-order valence-electron chi connectivity index (χ4n) is 1.18. The molecule has 0 aromatic carbocycles. The van der Waals surface area contributed by atoms with Crippen molar-refractivity contribution in [1.82, 2.24) is 0 Å². The van der Waals surface area contributed by atoms with Crippen molar-refractivity contribution in [2.75, 3.05) is 0 Å². The third kappa shape index (κ3) is 2.18. The molecule has 0 radical (unpaired) electrons. The van der Waals surface area contributed by atoms with Crippen LogP contribution >= 0.6 is 0 Å². The average Bonchev–Trinajstić information content (AvgIpc) is 2.03. The summed E-state index contributed by atoms with van der Waals surface area (Å²) < 4.78 is 0. The molecule has 54 valence electrons. The molecular weight excluding hydrogens is 124 g/mol. The Balaban J connectivity index is 2.45. The van der Waals surface area contributed by atoms with Crippen LogP contribution in [0, 0.1) is 0 Å². The van der Waals surface area contributed by atoms with Crippen LogP contribution in [0.5, 0.6) is 0 Å². The van der Waals surface area contributed by atoms with Gasteiger partial charge in [0.05, 0.1) is 0 Å². The van der Waals surface area contributed by atoms with Gasteiger partial charge in [0.25, 0.3) is 0 Å². The molecule has 0 aliphatic heterocycles. The number of allylic oxidation sites excluding steroid dienone is 4. The van der Waals surface area contributed by atoms with Crippen LogP contribution in [0.2, 0.25) is 0 Å². The first-order chi connectivity index (χ1) is 4.93. The second kappa shape index (κ2) is 4.04. The van der Waals surface area contributed by atoms with Gasteiger partial charge in [-0.25, -0.2) is 0 Å². The minimum absolute atomic E-state index is 0.829. The Morgan fingerprint density at radius 3 is 2.90 bits per heavy atom. The van der Waals surface area contributed by atoms with Crippen LogP contribution in [0.3, 0.4) is 0 Å². The van der Waals surface area contributed by atoms with Gasteiger partial charge in [-0.05, 0) is 31.8 Å². The predicted molar refractivity (Wildman–Crippen MR) is 41.8 cm³/mol. The molecule has 1 aliphatic rings. The molecule has 0 heterocycles. The van der Waals surface area contributed by atoms with Crippen LogP contribution in [-0.2, 0) is 4.79 Å². The Hall–Kier alpha value is -0.850. The van der Waals surface area contributed by atoms with Crippen LogP contribution in [0.25, 0.3) is 0 Å². The Bertz CT molecular complexity index is 163. The SMILES string of the molecule is O=C/C=C\C1=CCCCC1. The lowest BCUT2D eigenvalue weighted by atomic mass is 9.99. The standard InChI is InChI=1S/C9H12O/c10-8-4-7-9-5-2-1-3-6-9/h4-5,7-8H,1-3,6H2/b7-4-. The first-order valence-corrected chi connectivity index (χ1v) is 3.74. The summed E-state index contributed by atoms with van der Waals surface area (Å²) in [5.74, 6) is 0. The number of hydrogen-bond acceptors (Lipinski definition) is 1. The van der Waals surface area contributed by atoms with E-state index in [0.29, 0.717) is 0 Å². The molecule has 0 saturated carbocycles. The Morgan fingerprint density at radius 2 is 2.30 bits per heavy atom. The lowest BCUT2D eigenvalue weighted by Crippen LogP contribution is -1.87. The van der Waals surface area contributed by atoms with E-state index in [-0.39, 0.29) is 0 Å². The van der Waals surface area contributed by atoms with E-state index in [1.165, 1.54) is 24.8 Å². The van der Waals surface area contributed by atoms with Gasteiger partial charge in [0, 0.05) is 0 Å². The second-order valence-corrected chi connectivity index (χ2v) is 2.52. The van der Waals surface area contributed by atoms with Gasteiger partial charge < -0.3 is 0 Å². The highest BCUT2D eigenvalue weighted by Gasteiger charge is 1.98. The maximum absolute atomic E-state index is 9.93. The smallest absolute Gasteiger partial charge is 0.142 e. The molecular formula is C9H12O. The van der Waals surface area contributed by atoms with Crippen LogP contribution in [0.1, 0.15) is 25.7 Å². The predicted octanol–water partition coefficient (Wildman–Crippen LogP) is 2.24. The fourth-order valence-corrected chi connectivity index (χ4v) is 1.18. The summed E-state index contributed by atoms with van der Waals surface area (Å²) in [6.45, 7) is 0. The van der Waals surface area contributed by atoms with E-state index in [4.69, 9.17) is 0 Å². The highest BCUT2D eigenvalue weighted by atomic mass is 16.1. The third-order valence-electron chi connectivity index (χ3n) is 1.71. The van der Waals surface area contributed by atoms with E-state index in [9.17, 15) is 4.79 Å². The number of carbonyl (C=O) groups is 1. The summed E-state index contributed by atoms with van der Waals surface area (Å²) >= 11 is 0. The number of hydrogen-bond donors (Lipinski definition) is 0. The summed E-state index contributed by atoms with van der Waals surface area (Å²) in [6.07, 6.45) is 11.4. The van der Waals surface area contributed by atoms with Crippen LogP contribution in [0.15, 0.2) is 23.8 Å². The molecule has 0 aromatic rings. The quantitative estimate of drug-likeness (QED) is 0.420. The largest absolute Gasteiger partial charge is 0.299 e. The minimum atomic E-state index is 0.829. The van der Waals surface area contributed by atoms with E-state index in [1.807, 2.05) is 6.08 Å². The first kappa shape index (κ1) is 7.26. The Kier molecular flexibility index (Phi) is 2.94. The lowest BCUT2D eigenvalue weighted by molar-refractivity contribution is -0.104. The third-order valence-corrected chi connectivity index (χ3v) is 1.71. The zero-order valence-electron chi connectivity index (χ0n) is 6.05. The zero-order valence-corrected chi connectivity index (χ0v) is 6.05. The minimum Gasteiger partial charge on any atom is -0.299 e. The van der Waals surface area contributed by atoms with E-state index >= 15 is 0 Å². The van der Waals surface area contributed by atoms with E-state index in [2.05, 4.69) is 6.08 Å². The van der Waals surface area contributed by atoms with Crippen molar-refractivity contribution in [3.05, 3.63) is 23.8 Å². The summed E-state index contributed by atoms with van der Waals surface area (Å²) in [4.78, 5) is 9.93. The van der Waals surface area contributed by atoms with Crippen LogP contribution in [-0.4, -0.2) is 6.29 Å². The molecule has 1 aliphatic carbocycles. The van der Waals surface area contributed by atoms with E-state index in [0.717, 1.165) is 12.7 Å². The molecule has 0 saturated heterocycles. The molecule has 0 unspecified atom stereocenters. The normalized spacial score (nSPS) is 19.0. The highest BCUT2D eigenvalue weighted by Crippen LogP contribution is 2.17. The molecule has 0 N–H and O–H groups in total. The van der Waals surface area contributed by atoms with Gasteiger partial charge in [-0.3, -0.25) is 4.79 Å². The monoisotopic (exact) mass is 136 g/mol. The molecule has 1 rings (SSSR count). The molecule has 0 spiro atoms. The van der Waals surface area contributed by atoms with Gasteiger partial charge in [0.2, 0.25) is 0 Å². The Morgan fingerprint density at radius 1 is 1.40 bits per heavy atom. The molecule has 0 amide bonds. The Labute approximate surface area is 61.4 Å². The number of carbonyl (C=O) groups excluding carboxylic acids is 1. The van der Waals surface area contributed by atoms with Gasteiger partial charge in [-0.15, -0.1) is 0 Å². The van der Waals surface area contributed by atoms with Crippen molar-refractivity contribution in [2.24, 2.45) is 0 Å². The zero-order chi connectivity index (χ0) is 7.23. The molecule has 0 atom stereocenters. The van der Waals surface area contributed by atoms with Crippen molar-refractivity contribution in [1.29, 1.82) is 0 Å². The van der Waals surface area contributed by atoms with Crippen molar-refractivity contribution in [2.45, 2.75) is 25.7 Å². The highest BCUT2D eigenvalue weighted by molar-refractivity contribution is 5.65. The van der Waals surface area contributed by atoms with Crippen molar-refractivity contribution >= 4 is 6.29 Å². The van der Waals surface area contributed by atoms with Crippen LogP contribution in [0.4, 0.5) is 0 Å². The average molecular weight is 136 g/mol. The van der Waals surface area contributed by atoms with Crippen LogP contribution < -0.4 is 0 Å². The van der Waals surface area contributed by atoms with Gasteiger partial charge in [0.15, 0.2) is 0 Å².